The number of rotatable bonds is 6. The van der Waals surface area contributed by atoms with Gasteiger partial charge >= 0.3 is 0 Å². The van der Waals surface area contributed by atoms with Gasteiger partial charge in [0, 0.05) is 24.0 Å². The molecule has 0 fully saturated rings. The van der Waals surface area contributed by atoms with Crippen LogP contribution in [0.15, 0.2) is 30.3 Å². The minimum atomic E-state index is -0.443. The van der Waals surface area contributed by atoms with Gasteiger partial charge < -0.3 is 10.1 Å². The Morgan fingerprint density at radius 3 is 2.74 bits per heavy atom. The fourth-order valence-electron chi connectivity index (χ4n) is 1.47. The van der Waals surface area contributed by atoms with Crippen LogP contribution in [-0.4, -0.2) is 13.2 Å². The van der Waals surface area contributed by atoms with E-state index in [4.69, 9.17) is 27.9 Å². The van der Waals surface area contributed by atoms with Crippen molar-refractivity contribution in [2.24, 2.45) is 0 Å². The summed E-state index contributed by atoms with van der Waals surface area (Å²) >= 11 is 13.0. The van der Waals surface area contributed by atoms with Gasteiger partial charge in [-0.3, -0.25) is 0 Å². The lowest BCUT2D eigenvalue weighted by Crippen LogP contribution is -2.20. The Hall–Kier alpha value is -0.810. The number of thiophene rings is 1. The zero-order chi connectivity index (χ0) is 13.7. The molecule has 1 heterocycles. The first-order valence-corrected chi connectivity index (χ1v) is 7.25. The number of hydrogen-bond acceptors (Lipinski definition) is 3. The van der Waals surface area contributed by atoms with Crippen LogP contribution in [0.2, 0.25) is 9.36 Å². The second kappa shape index (κ2) is 7.10. The normalized spacial score (nSPS) is 10.7. The van der Waals surface area contributed by atoms with E-state index in [1.54, 1.807) is 17.4 Å². The first-order valence-electron chi connectivity index (χ1n) is 5.68. The average Bonchev–Trinajstić information content (AvgIpc) is 2.79. The Morgan fingerprint density at radius 1 is 1.21 bits per heavy atom. The highest BCUT2D eigenvalue weighted by Crippen LogP contribution is 2.21. The molecule has 0 aliphatic carbocycles. The summed E-state index contributed by atoms with van der Waals surface area (Å²) in [5.41, 5.74) is 0. The molecule has 1 aromatic carbocycles. The van der Waals surface area contributed by atoms with Crippen molar-refractivity contribution in [1.82, 2.24) is 5.32 Å². The van der Waals surface area contributed by atoms with Crippen molar-refractivity contribution < 1.29 is 9.13 Å². The Kier molecular flexibility index (Phi) is 5.45. The van der Waals surface area contributed by atoms with Crippen LogP contribution in [0.4, 0.5) is 4.39 Å². The van der Waals surface area contributed by atoms with E-state index >= 15 is 0 Å². The molecule has 102 valence electrons. The molecule has 0 atom stereocenters. The van der Waals surface area contributed by atoms with Crippen LogP contribution in [-0.2, 0) is 6.54 Å². The van der Waals surface area contributed by atoms with E-state index in [1.165, 1.54) is 17.0 Å². The number of nitrogens with one attached hydrogen (secondary N) is 1. The third kappa shape index (κ3) is 4.66. The molecule has 0 aliphatic rings. The minimum Gasteiger partial charge on any atom is -0.492 e. The van der Waals surface area contributed by atoms with Crippen molar-refractivity contribution in [1.29, 1.82) is 0 Å². The maximum Gasteiger partial charge on any atom is 0.142 e. The molecule has 2 nitrogen and oxygen atoms in total. The van der Waals surface area contributed by atoms with E-state index in [9.17, 15) is 4.39 Å². The Labute approximate surface area is 125 Å². The van der Waals surface area contributed by atoms with Gasteiger partial charge in [-0.15, -0.1) is 11.3 Å². The van der Waals surface area contributed by atoms with Crippen molar-refractivity contribution in [3.05, 3.63) is 50.4 Å². The van der Waals surface area contributed by atoms with Crippen LogP contribution in [0.25, 0.3) is 0 Å². The lowest BCUT2D eigenvalue weighted by atomic mass is 10.3. The van der Waals surface area contributed by atoms with Gasteiger partial charge in [0.25, 0.3) is 0 Å². The van der Waals surface area contributed by atoms with Gasteiger partial charge in [0.05, 0.1) is 9.36 Å². The monoisotopic (exact) mass is 319 g/mol. The van der Waals surface area contributed by atoms with Crippen molar-refractivity contribution >= 4 is 34.5 Å². The highest BCUT2D eigenvalue weighted by Gasteiger charge is 2.01. The molecule has 0 spiro atoms. The molecule has 0 amide bonds. The van der Waals surface area contributed by atoms with Crippen molar-refractivity contribution in [2.45, 2.75) is 6.54 Å². The maximum atomic E-state index is 12.9. The number of halogens is 3. The second-order valence-electron chi connectivity index (χ2n) is 3.81. The van der Waals surface area contributed by atoms with Gasteiger partial charge in [0.1, 0.15) is 18.2 Å². The fraction of sp³-hybridized carbons (Fsp3) is 0.231. The zero-order valence-corrected chi connectivity index (χ0v) is 12.3. The molecule has 0 unspecified atom stereocenters. The van der Waals surface area contributed by atoms with Crippen LogP contribution in [0.3, 0.4) is 0 Å². The summed E-state index contributed by atoms with van der Waals surface area (Å²) in [7, 11) is 0. The molecular formula is C13H12Cl2FNOS. The van der Waals surface area contributed by atoms with E-state index < -0.39 is 5.82 Å². The van der Waals surface area contributed by atoms with Crippen LogP contribution < -0.4 is 10.1 Å². The Balaban J connectivity index is 1.67. The highest BCUT2D eigenvalue weighted by atomic mass is 35.5. The van der Waals surface area contributed by atoms with E-state index in [-0.39, 0.29) is 5.02 Å². The third-order valence-electron chi connectivity index (χ3n) is 2.37. The SMILES string of the molecule is Fc1ccc(OCCNCc2ccc(Cl)s2)cc1Cl. The number of hydrogen-bond donors (Lipinski definition) is 1. The zero-order valence-electron chi connectivity index (χ0n) is 9.96. The molecular weight excluding hydrogens is 308 g/mol. The molecule has 0 radical (unpaired) electrons. The van der Waals surface area contributed by atoms with Crippen molar-refractivity contribution in [3.8, 4) is 5.75 Å². The molecule has 19 heavy (non-hydrogen) atoms. The molecule has 0 aliphatic heterocycles. The predicted molar refractivity (Wildman–Crippen MR) is 77.9 cm³/mol. The summed E-state index contributed by atoms with van der Waals surface area (Å²) in [6.45, 7) is 1.93. The van der Waals surface area contributed by atoms with Crippen molar-refractivity contribution in [3.63, 3.8) is 0 Å². The van der Waals surface area contributed by atoms with Gasteiger partial charge in [0.2, 0.25) is 0 Å². The number of benzene rings is 1. The predicted octanol–water partition coefficient (Wildman–Crippen LogP) is 4.36. The third-order valence-corrected chi connectivity index (χ3v) is 3.89. The molecule has 0 bridgehead atoms. The molecule has 1 N–H and O–H groups in total. The van der Waals surface area contributed by atoms with Crippen LogP contribution in [0.5, 0.6) is 5.75 Å². The minimum absolute atomic E-state index is 0.0682. The van der Waals surface area contributed by atoms with Crippen LogP contribution >= 0.6 is 34.5 Å². The average molecular weight is 320 g/mol. The van der Waals surface area contributed by atoms with Crippen molar-refractivity contribution in [2.75, 3.05) is 13.2 Å². The Morgan fingerprint density at radius 2 is 2.05 bits per heavy atom. The summed E-state index contributed by atoms with van der Waals surface area (Å²) in [5, 5.41) is 3.30. The van der Waals surface area contributed by atoms with Gasteiger partial charge in [-0.1, -0.05) is 23.2 Å². The van der Waals surface area contributed by atoms with Gasteiger partial charge in [-0.2, -0.15) is 0 Å². The largest absolute Gasteiger partial charge is 0.492 e. The summed E-state index contributed by atoms with van der Waals surface area (Å²) in [4.78, 5) is 1.18. The van der Waals surface area contributed by atoms with E-state index in [0.29, 0.717) is 18.9 Å². The van der Waals surface area contributed by atoms with Crippen LogP contribution in [0, 0.1) is 5.82 Å². The molecule has 0 saturated carbocycles. The quantitative estimate of drug-likeness (QED) is 0.799. The highest BCUT2D eigenvalue weighted by molar-refractivity contribution is 7.16. The standard InChI is InChI=1S/C13H12Cl2FNOS/c14-11-7-9(1-3-12(11)16)18-6-5-17-8-10-2-4-13(15)19-10/h1-4,7,17H,5-6,8H2. The molecule has 1 aromatic heterocycles. The van der Waals surface area contributed by atoms with Gasteiger partial charge in [-0.25, -0.2) is 4.39 Å². The molecule has 6 heteroatoms. The fourth-order valence-corrected chi connectivity index (χ4v) is 2.69. The lowest BCUT2D eigenvalue weighted by molar-refractivity contribution is 0.313. The first-order chi connectivity index (χ1) is 9.15. The first kappa shape index (κ1) is 14.6. The maximum absolute atomic E-state index is 12.9. The smallest absolute Gasteiger partial charge is 0.142 e. The molecule has 2 aromatic rings. The molecule has 2 rings (SSSR count). The Bertz CT molecular complexity index is 547. The number of ether oxygens (including phenoxy) is 1. The topological polar surface area (TPSA) is 21.3 Å². The summed E-state index contributed by atoms with van der Waals surface area (Å²) in [5.74, 6) is 0.120. The summed E-state index contributed by atoms with van der Waals surface area (Å²) in [6, 6.07) is 8.18. The second-order valence-corrected chi connectivity index (χ2v) is 6.01. The van der Waals surface area contributed by atoms with Crippen LogP contribution in [0.1, 0.15) is 4.88 Å². The van der Waals surface area contributed by atoms with Gasteiger partial charge in [-0.05, 0) is 24.3 Å². The van der Waals surface area contributed by atoms with E-state index in [1.807, 2.05) is 12.1 Å². The van der Waals surface area contributed by atoms with Gasteiger partial charge in [0.15, 0.2) is 0 Å². The lowest BCUT2D eigenvalue weighted by Gasteiger charge is -2.07. The molecule has 0 saturated heterocycles. The summed E-state index contributed by atoms with van der Waals surface area (Å²) in [6.07, 6.45) is 0. The van der Waals surface area contributed by atoms with E-state index in [0.717, 1.165) is 10.9 Å². The summed E-state index contributed by atoms with van der Waals surface area (Å²) < 4.78 is 19.2. The van der Waals surface area contributed by atoms with E-state index in [2.05, 4.69) is 5.32 Å².